The zero-order chi connectivity index (χ0) is 43.6. The largest absolute Gasteiger partial charge is 0.472 e. The fraction of sp³-hybridized carbons (Fsp3) is 0.878. The molecule has 0 spiro atoms. The van der Waals surface area contributed by atoms with E-state index in [2.05, 4.69) is 38.2 Å². The summed E-state index contributed by atoms with van der Waals surface area (Å²) < 4.78 is 34.4. The Labute approximate surface area is 364 Å². The number of nitrogens with zero attached hydrogens (tertiary/aromatic N) is 1. The molecule has 0 fully saturated rings. The van der Waals surface area contributed by atoms with Gasteiger partial charge in [-0.05, 0) is 44.9 Å². The van der Waals surface area contributed by atoms with Crippen molar-refractivity contribution >= 4 is 19.8 Å². The van der Waals surface area contributed by atoms with Crippen LogP contribution in [0.5, 0.6) is 0 Å². The molecular formula is C49H95NO8P+. The molecule has 0 aliphatic carbocycles. The summed E-state index contributed by atoms with van der Waals surface area (Å²) in [4.78, 5) is 35.5. The third-order valence-electron chi connectivity index (χ3n) is 10.7. The molecule has 2 atom stereocenters. The molecule has 0 saturated heterocycles. The summed E-state index contributed by atoms with van der Waals surface area (Å²) in [5.41, 5.74) is 0. The van der Waals surface area contributed by atoms with Crippen LogP contribution in [0.3, 0.4) is 0 Å². The van der Waals surface area contributed by atoms with E-state index >= 15 is 0 Å². The lowest BCUT2D eigenvalue weighted by Gasteiger charge is -2.24. The van der Waals surface area contributed by atoms with Crippen LogP contribution in [-0.2, 0) is 32.7 Å². The fourth-order valence-corrected chi connectivity index (χ4v) is 7.61. The second kappa shape index (κ2) is 41.8. The highest BCUT2D eigenvalue weighted by Gasteiger charge is 2.27. The Hall–Kier alpha value is -1.51. The molecule has 0 aliphatic heterocycles. The first kappa shape index (κ1) is 57.5. The van der Waals surface area contributed by atoms with Gasteiger partial charge in [-0.1, -0.05) is 192 Å². The van der Waals surface area contributed by atoms with Gasteiger partial charge in [0.05, 0.1) is 27.7 Å². The first-order valence-electron chi connectivity index (χ1n) is 24.6. The van der Waals surface area contributed by atoms with Crippen molar-refractivity contribution in [1.82, 2.24) is 0 Å². The highest BCUT2D eigenvalue weighted by atomic mass is 31.2. The zero-order valence-electron chi connectivity index (χ0n) is 39.2. The third kappa shape index (κ3) is 45.8. The molecule has 0 heterocycles. The van der Waals surface area contributed by atoms with E-state index in [4.69, 9.17) is 18.5 Å². The third-order valence-corrected chi connectivity index (χ3v) is 11.7. The second-order valence-corrected chi connectivity index (χ2v) is 19.3. The van der Waals surface area contributed by atoms with Gasteiger partial charge in [0, 0.05) is 12.8 Å². The standard InChI is InChI=1S/C49H94NO8P/c1-6-8-10-12-14-16-18-20-22-24-26-27-29-31-33-35-37-39-41-48(51)55-45-47(46-57-59(53,54)56-44-43-50(3,4)5)58-49(52)42-40-38-36-34-32-30-28-25-23-21-19-17-15-13-11-9-7-2/h15,17,21,23,47H,6-14,16,18-20,22,24-46H2,1-5H3/p+1/b17-15+,23-21+/t47-/m1/s1. The Morgan fingerprint density at radius 2 is 0.915 bits per heavy atom. The Morgan fingerprint density at radius 1 is 0.525 bits per heavy atom. The Balaban J connectivity index is 4.27. The number of unbranched alkanes of at least 4 members (excludes halogenated alkanes) is 27. The predicted octanol–water partition coefficient (Wildman–Crippen LogP) is 14.3. The minimum absolute atomic E-state index is 0.0320. The van der Waals surface area contributed by atoms with Crippen LogP contribution in [0, 0.1) is 0 Å². The van der Waals surface area contributed by atoms with E-state index in [0.29, 0.717) is 23.9 Å². The number of ether oxygens (including phenoxy) is 2. The Kier molecular flexibility index (Phi) is 40.8. The van der Waals surface area contributed by atoms with Crippen LogP contribution >= 0.6 is 7.82 Å². The van der Waals surface area contributed by atoms with Crippen LogP contribution in [-0.4, -0.2) is 74.9 Å². The topological polar surface area (TPSA) is 108 Å². The van der Waals surface area contributed by atoms with Gasteiger partial charge in [0.15, 0.2) is 6.10 Å². The van der Waals surface area contributed by atoms with Gasteiger partial charge >= 0.3 is 19.8 Å². The van der Waals surface area contributed by atoms with Crippen LogP contribution < -0.4 is 0 Å². The molecule has 1 unspecified atom stereocenters. The van der Waals surface area contributed by atoms with Crippen molar-refractivity contribution < 1.29 is 42.1 Å². The van der Waals surface area contributed by atoms with Crippen molar-refractivity contribution in [3.05, 3.63) is 24.3 Å². The van der Waals surface area contributed by atoms with Gasteiger partial charge in [0.1, 0.15) is 19.8 Å². The van der Waals surface area contributed by atoms with Gasteiger partial charge < -0.3 is 18.9 Å². The lowest BCUT2D eigenvalue weighted by molar-refractivity contribution is -0.870. The number of hydrogen-bond donors (Lipinski definition) is 1. The molecule has 0 aromatic heterocycles. The number of allylic oxidation sites excluding steroid dienone is 4. The number of likely N-dealkylation sites (N-methyl/N-ethyl adjacent to an activating group) is 1. The molecule has 348 valence electrons. The normalized spacial score (nSPS) is 13.7. The van der Waals surface area contributed by atoms with E-state index < -0.39 is 26.5 Å². The van der Waals surface area contributed by atoms with Crippen molar-refractivity contribution in [2.45, 2.75) is 232 Å². The molecule has 9 nitrogen and oxygen atoms in total. The minimum atomic E-state index is -4.38. The number of esters is 2. The lowest BCUT2D eigenvalue weighted by atomic mass is 10.0. The van der Waals surface area contributed by atoms with Crippen molar-refractivity contribution in [3.63, 3.8) is 0 Å². The Bertz CT molecular complexity index is 1060. The van der Waals surface area contributed by atoms with Gasteiger partial charge in [0.25, 0.3) is 0 Å². The predicted molar refractivity (Wildman–Crippen MR) is 247 cm³/mol. The molecule has 10 heteroatoms. The number of hydrogen-bond acceptors (Lipinski definition) is 7. The number of phosphoric acid groups is 1. The maximum atomic E-state index is 12.7. The molecular weight excluding hydrogens is 762 g/mol. The van der Waals surface area contributed by atoms with E-state index in [1.165, 1.54) is 141 Å². The average Bonchev–Trinajstić information content (AvgIpc) is 3.19. The van der Waals surface area contributed by atoms with E-state index in [1.54, 1.807) is 0 Å². The molecule has 0 aromatic carbocycles. The summed E-state index contributed by atoms with van der Waals surface area (Å²) >= 11 is 0. The summed E-state index contributed by atoms with van der Waals surface area (Å²) in [6.07, 6.45) is 46.5. The van der Waals surface area contributed by atoms with Crippen molar-refractivity contribution in [1.29, 1.82) is 0 Å². The maximum absolute atomic E-state index is 12.7. The lowest BCUT2D eigenvalue weighted by Crippen LogP contribution is -2.37. The zero-order valence-corrected chi connectivity index (χ0v) is 40.1. The van der Waals surface area contributed by atoms with Crippen molar-refractivity contribution in [2.75, 3.05) is 47.5 Å². The monoisotopic (exact) mass is 857 g/mol. The maximum Gasteiger partial charge on any atom is 0.472 e. The molecule has 0 aromatic rings. The summed E-state index contributed by atoms with van der Waals surface area (Å²) in [6, 6.07) is 0. The summed E-state index contributed by atoms with van der Waals surface area (Å²) in [5.74, 6) is -0.797. The van der Waals surface area contributed by atoms with E-state index in [9.17, 15) is 19.0 Å². The van der Waals surface area contributed by atoms with Gasteiger partial charge in [-0.15, -0.1) is 0 Å². The molecule has 0 amide bonds. The fourth-order valence-electron chi connectivity index (χ4n) is 6.87. The molecule has 59 heavy (non-hydrogen) atoms. The van der Waals surface area contributed by atoms with Crippen LogP contribution in [0.4, 0.5) is 0 Å². The Morgan fingerprint density at radius 3 is 1.37 bits per heavy atom. The van der Waals surface area contributed by atoms with E-state index in [-0.39, 0.29) is 25.6 Å². The van der Waals surface area contributed by atoms with Gasteiger partial charge in [-0.25, -0.2) is 4.57 Å². The van der Waals surface area contributed by atoms with Crippen LogP contribution in [0.1, 0.15) is 226 Å². The number of rotatable bonds is 45. The first-order chi connectivity index (χ1) is 28.5. The average molecular weight is 857 g/mol. The smallest absolute Gasteiger partial charge is 0.462 e. The summed E-state index contributed by atoms with van der Waals surface area (Å²) in [5, 5.41) is 0. The van der Waals surface area contributed by atoms with Crippen molar-refractivity contribution in [3.8, 4) is 0 Å². The molecule has 0 aliphatic rings. The van der Waals surface area contributed by atoms with Gasteiger partial charge in [-0.2, -0.15) is 0 Å². The highest BCUT2D eigenvalue weighted by Crippen LogP contribution is 2.43. The SMILES string of the molecule is CCCCC/C=C/C/C=C/CCCCCCCCCC(=O)O[C@H](COC(=O)CCCCCCCCCCCCCCCCCCCC)COP(=O)(O)OCC[N+](C)(C)C. The van der Waals surface area contributed by atoms with Crippen molar-refractivity contribution in [2.24, 2.45) is 0 Å². The first-order valence-corrected chi connectivity index (χ1v) is 26.1. The number of quaternary nitrogens is 1. The molecule has 0 radical (unpaired) electrons. The minimum Gasteiger partial charge on any atom is -0.462 e. The molecule has 0 rings (SSSR count). The van der Waals surface area contributed by atoms with Crippen LogP contribution in [0.25, 0.3) is 0 Å². The van der Waals surface area contributed by atoms with Gasteiger partial charge in [0.2, 0.25) is 0 Å². The van der Waals surface area contributed by atoms with E-state index in [1.807, 2.05) is 21.1 Å². The van der Waals surface area contributed by atoms with Gasteiger partial charge in [-0.3, -0.25) is 18.6 Å². The molecule has 1 N–H and O–H groups in total. The molecule has 0 bridgehead atoms. The summed E-state index contributed by atoms with van der Waals surface area (Å²) in [7, 11) is 1.48. The number of carbonyl (C=O) groups excluding carboxylic acids is 2. The van der Waals surface area contributed by atoms with E-state index in [0.717, 1.165) is 51.4 Å². The highest BCUT2D eigenvalue weighted by molar-refractivity contribution is 7.47. The number of phosphoric ester groups is 1. The summed E-state index contributed by atoms with van der Waals surface area (Å²) in [6.45, 7) is 4.42. The second-order valence-electron chi connectivity index (χ2n) is 17.9. The molecule has 0 saturated carbocycles. The number of carbonyl (C=O) groups is 2. The quantitative estimate of drug-likeness (QED) is 0.0212. The van der Waals surface area contributed by atoms with Crippen LogP contribution in [0.15, 0.2) is 24.3 Å². The van der Waals surface area contributed by atoms with Crippen LogP contribution in [0.2, 0.25) is 0 Å².